The van der Waals surface area contributed by atoms with Crippen molar-refractivity contribution >= 4 is 49.6 Å². The molecule has 1 saturated carbocycles. The fourth-order valence-electron chi connectivity index (χ4n) is 2.00. The van der Waals surface area contributed by atoms with Crippen molar-refractivity contribution in [2.45, 2.75) is 23.9 Å². The molecule has 1 heterocycles. The van der Waals surface area contributed by atoms with E-state index in [1.165, 1.54) is 11.8 Å². The molecule has 0 saturated heterocycles. The van der Waals surface area contributed by atoms with Crippen LogP contribution in [-0.4, -0.2) is 31.6 Å². The van der Waals surface area contributed by atoms with Crippen LogP contribution in [0.4, 0.5) is 0 Å². The van der Waals surface area contributed by atoms with Crippen LogP contribution in [0.25, 0.3) is 5.69 Å². The smallest absolute Gasteiger partial charge is 0.313 e. The zero-order chi connectivity index (χ0) is 15.0. The zero-order valence-electron chi connectivity index (χ0n) is 10.8. The fourth-order valence-corrected chi connectivity index (χ4v) is 3.89. The fraction of sp³-hybridized carbons (Fsp3) is 0.308. The van der Waals surface area contributed by atoms with Crippen molar-refractivity contribution in [3.63, 3.8) is 0 Å². The molecule has 110 valence electrons. The van der Waals surface area contributed by atoms with Gasteiger partial charge in [-0.2, -0.15) is 0 Å². The summed E-state index contributed by atoms with van der Waals surface area (Å²) in [6, 6.07) is 5.87. The van der Waals surface area contributed by atoms with Gasteiger partial charge in [-0.3, -0.25) is 9.36 Å². The van der Waals surface area contributed by atoms with Crippen LogP contribution in [0.2, 0.25) is 0 Å². The first-order valence-corrected chi connectivity index (χ1v) is 8.88. The lowest BCUT2D eigenvalue weighted by Crippen LogP contribution is -2.05. The van der Waals surface area contributed by atoms with E-state index >= 15 is 0 Å². The second-order valence-electron chi connectivity index (χ2n) is 4.73. The van der Waals surface area contributed by atoms with E-state index in [4.69, 9.17) is 5.11 Å². The molecule has 3 rings (SSSR count). The summed E-state index contributed by atoms with van der Waals surface area (Å²) in [6.07, 6.45) is 2.21. The van der Waals surface area contributed by atoms with Gasteiger partial charge < -0.3 is 5.11 Å². The van der Waals surface area contributed by atoms with Crippen molar-refractivity contribution in [2.24, 2.45) is 0 Å². The number of aromatic nitrogens is 3. The molecule has 1 fully saturated rings. The maximum atomic E-state index is 10.8. The van der Waals surface area contributed by atoms with Crippen LogP contribution in [0.1, 0.15) is 24.6 Å². The molecule has 1 aromatic heterocycles. The van der Waals surface area contributed by atoms with Crippen molar-refractivity contribution in [1.29, 1.82) is 0 Å². The highest BCUT2D eigenvalue weighted by atomic mass is 79.9. The number of hydrogen-bond acceptors (Lipinski definition) is 4. The van der Waals surface area contributed by atoms with Crippen LogP contribution in [0, 0.1) is 0 Å². The minimum Gasteiger partial charge on any atom is -0.481 e. The van der Waals surface area contributed by atoms with Gasteiger partial charge in [0.2, 0.25) is 0 Å². The van der Waals surface area contributed by atoms with Gasteiger partial charge in [-0.15, -0.1) is 10.2 Å². The molecule has 0 unspecified atom stereocenters. The van der Waals surface area contributed by atoms with E-state index in [2.05, 4.69) is 42.1 Å². The van der Waals surface area contributed by atoms with Crippen LogP contribution in [0.5, 0.6) is 0 Å². The third-order valence-corrected chi connectivity index (χ3v) is 5.12. The number of carboxylic acids is 1. The molecule has 1 N–H and O–H groups in total. The van der Waals surface area contributed by atoms with Crippen molar-refractivity contribution in [1.82, 2.24) is 14.8 Å². The first-order chi connectivity index (χ1) is 10.1. The number of thioether (sulfide) groups is 1. The van der Waals surface area contributed by atoms with Gasteiger partial charge in [-0.1, -0.05) is 27.7 Å². The molecular formula is C13H11Br2N3O2S. The highest BCUT2D eigenvalue weighted by molar-refractivity contribution is 9.11. The Balaban J connectivity index is 2.05. The molecule has 0 bridgehead atoms. The number of halogens is 2. The van der Waals surface area contributed by atoms with Crippen molar-refractivity contribution in [2.75, 3.05) is 5.75 Å². The molecule has 1 aromatic carbocycles. The first-order valence-electron chi connectivity index (χ1n) is 6.31. The highest BCUT2D eigenvalue weighted by Gasteiger charge is 2.31. The Labute approximate surface area is 142 Å². The quantitative estimate of drug-likeness (QED) is 0.726. The third-order valence-electron chi connectivity index (χ3n) is 3.08. The molecule has 0 atom stereocenters. The molecule has 5 nitrogen and oxygen atoms in total. The average Bonchev–Trinajstić information content (AvgIpc) is 3.18. The van der Waals surface area contributed by atoms with Gasteiger partial charge in [0.1, 0.15) is 5.82 Å². The number of nitrogens with zero attached hydrogens (tertiary/aromatic N) is 3. The first kappa shape index (κ1) is 15.1. The van der Waals surface area contributed by atoms with E-state index in [-0.39, 0.29) is 5.75 Å². The number of carbonyl (C=O) groups is 1. The van der Waals surface area contributed by atoms with Gasteiger partial charge in [-0.05, 0) is 47.0 Å². The number of benzene rings is 1. The maximum Gasteiger partial charge on any atom is 0.313 e. The Hall–Kier alpha value is -0.860. The number of rotatable bonds is 5. The summed E-state index contributed by atoms with van der Waals surface area (Å²) >= 11 is 8.17. The van der Waals surface area contributed by atoms with Crippen LogP contribution < -0.4 is 0 Å². The molecule has 8 heteroatoms. The van der Waals surface area contributed by atoms with E-state index in [0.29, 0.717) is 11.1 Å². The summed E-state index contributed by atoms with van der Waals surface area (Å²) in [7, 11) is 0. The standard InChI is InChI=1S/C13H11Br2N3O2S/c14-8-3-4-10(9(15)5-8)18-12(7-1-2-7)16-17-13(18)21-6-11(19)20/h3-5,7H,1-2,6H2,(H,19,20). The predicted molar refractivity (Wildman–Crippen MR) is 87.1 cm³/mol. The lowest BCUT2D eigenvalue weighted by molar-refractivity contribution is -0.133. The molecular weight excluding hydrogens is 422 g/mol. The monoisotopic (exact) mass is 431 g/mol. The van der Waals surface area contributed by atoms with Crippen LogP contribution in [0.3, 0.4) is 0 Å². The third kappa shape index (κ3) is 3.32. The van der Waals surface area contributed by atoms with Gasteiger partial charge in [0.15, 0.2) is 5.16 Å². The second kappa shape index (κ2) is 6.10. The average molecular weight is 433 g/mol. The summed E-state index contributed by atoms with van der Waals surface area (Å²) in [4.78, 5) is 10.8. The molecule has 0 spiro atoms. The van der Waals surface area contributed by atoms with Crippen molar-refractivity contribution in [3.05, 3.63) is 33.0 Å². The minimum absolute atomic E-state index is 0.0308. The molecule has 0 radical (unpaired) electrons. The molecule has 21 heavy (non-hydrogen) atoms. The summed E-state index contributed by atoms with van der Waals surface area (Å²) in [5, 5.41) is 17.9. The van der Waals surface area contributed by atoms with Crippen LogP contribution in [-0.2, 0) is 4.79 Å². The van der Waals surface area contributed by atoms with Gasteiger partial charge >= 0.3 is 5.97 Å². The van der Waals surface area contributed by atoms with Crippen LogP contribution in [0.15, 0.2) is 32.3 Å². The second-order valence-corrected chi connectivity index (χ2v) is 7.44. The minimum atomic E-state index is -0.864. The maximum absolute atomic E-state index is 10.8. The van der Waals surface area contributed by atoms with E-state index in [0.717, 1.165) is 33.3 Å². The number of carboxylic acid groups (broad SMARTS) is 1. The van der Waals surface area contributed by atoms with Crippen LogP contribution >= 0.6 is 43.6 Å². The Morgan fingerprint density at radius 2 is 2.14 bits per heavy atom. The molecule has 2 aromatic rings. The lowest BCUT2D eigenvalue weighted by atomic mass is 10.3. The lowest BCUT2D eigenvalue weighted by Gasteiger charge is -2.11. The molecule has 0 amide bonds. The Kier molecular flexibility index (Phi) is 4.37. The summed E-state index contributed by atoms with van der Waals surface area (Å²) in [6.45, 7) is 0. The normalized spacial score (nSPS) is 14.4. The SMILES string of the molecule is O=C(O)CSc1nnc(C2CC2)n1-c1ccc(Br)cc1Br. The molecule has 1 aliphatic carbocycles. The van der Waals surface area contributed by atoms with E-state index in [9.17, 15) is 4.79 Å². The van der Waals surface area contributed by atoms with Gasteiger partial charge in [0.05, 0.1) is 11.4 Å². The Morgan fingerprint density at radius 1 is 1.38 bits per heavy atom. The summed E-state index contributed by atoms with van der Waals surface area (Å²) < 4.78 is 3.84. The van der Waals surface area contributed by atoms with Gasteiger partial charge in [-0.25, -0.2) is 0 Å². The Morgan fingerprint density at radius 3 is 2.76 bits per heavy atom. The van der Waals surface area contributed by atoms with Gasteiger partial charge in [0, 0.05) is 14.9 Å². The van der Waals surface area contributed by atoms with E-state index in [1.54, 1.807) is 0 Å². The van der Waals surface area contributed by atoms with E-state index in [1.807, 2.05) is 22.8 Å². The van der Waals surface area contributed by atoms with E-state index < -0.39 is 5.97 Å². The van der Waals surface area contributed by atoms with Crippen molar-refractivity contribution < 1.29 is 9.90 Å². The zero-order valence-corrected chi connectivity index (χ0v) is 14.8. The van der Waals surface area contributed by atoms with Gasteiger partial charge in [0.25, 0.3) is 0 Å². The highest BCUT2D eigenvalue weighted by Crippen LogP contribution is 2.42. The van der Waals surface area contributed by atoms with Crippen molar-refractivity contribution in [3.8, 4) is 5.69 Å². The summed E-state index contributed by atoms with van der Waals surface area (Å²) in [5.74, 6) is 0.437. The largest absolute Gasteiger partial charge is 0.481 e. The molecule has 1 aliphatic rings. The predicted octanol–water partition coefficient (Wildman–Crippen LogP) is 3.85. The number of hydrogen-bond donors (Lipinski definition) is 1. The number of aliphatic carboxylic acids is 1. The topological polar surface area (TPSA) is 68.0 Å². The molecule has 0 aliphatic heterocycles. The summed E-state index contributed by atoms with van der Waals surface area (Å²) in [5.41, 5.74) is 0.929. The Bertz CT molecular complexity index is 701.